The average Bonchev–Trinajstić information content (AvgIpc) is 2.85. The van der Waals surface area contributed by atoms with Gasteiger partial charge in [0.25, 0.3) is 0 Å². The highest BCUT2D eigenvalue weighted by Crippen LogP contribution is 2.26. The molecule has 21 heavy (non-hydrogen) atoms. The zero-order chi connectivity index (χ0) is 15.6. The number of rotatable bonds is 3. The van der Waals surface area contributed by atoms with Gasteiger partial charge < -0.3 is 10.0 Å². The maximum atomic E-state index is 11.6. The van der Waals surface area contributed by atoms with Gasteiger partial charge in [-0.05, 0) is 40.5 Å². The summed E-state index contributed by atoms with van der Waals surface area (Å²) in [6.07, 6.45) is 2.55. The van der Waals surface area contributed by atoms with Gasteiger partial charge in [0.2, 0.25) is 5.95 Å². The van der Waals surface area contributed by atoms with E-state index < -0.39 is 11.6 Å². The molecule has 118 valence electrons. The van der Waals surface area contributed by atoms with Crippen LogP contribution in [0.2, 0.25) is 0 Å². The highest BCUT2D eigenvalue weighted by atomic mass is 16.4. The SMILES string of the molecule is CCn1ncnc1N1CCCC(N(C(=O)O)C(C)(C)C)C1. The van der Waals surface area contributed by atoms with Gasteiger partial charge in [-0.15, -0.1) is 0 Å². The molecule has 1 fully saturated rings. The van der Waals surface area contributed by atoms with Gasteiger partial charge >= 0.3 is 6.09 Å². The quantitative estimate of drug-likeness (QED) is 0.923. The van der Waals surface area contributed by atoms with Crippen LogP contribution in [0.15, 0.2) is 6.33 Å². The molecule has 1 aliphatic rings. The van der Waals surface area contributed by atoms with Crippen LogP contribution in [0.5, 0.6) is 0 Å². The molecule has 1 N–H and O–H groups in total. The monoisotopic (exact) mass is 295 g/mol. The highest BCUT2D eigenvalue weighted by Gasteiger charge is 2.36. The summed E-state index contributed by atoms with van der Waals surface area (Å²) in [6.45, 7) is 10.2. The fraction of sp³-hybridized carbons (Fsp3) is 0.786. The molecule has 1 aromatic rings. The fourth-order valence-electron chi connectivity index (χ4n) is 3.06. The molecule has 0 radical (unpaired) electrons. The lowest BCUT2D eigenvalue weighted by molar-refractivity contribution is 0.0646. The smallest absolute Gasteiger partial charge is 0.408 e. The summed E-state index contributed by atoms with van der Waals surface area (Å²) >= 11 is 0. The van der Waals surface area contributed by atoms with Gasteiger partial charge in [0.1, 0.15) is 6.33 Å². The Hall–Kier alpha value is -1.79. The Bertz CT molecular complexity index is 494. The molecule has 1 unspecified atom stereocenters. The van der Waals surface area contributed by atoms with Gasteiger partial charge in [-0.3, -0.25) is 4.90 Å². The zero-order valence-corrected chi connectivity index (χ0v) is 13.3. The van der Waals surface area contributed by atoms with E-state index in [1.807, 2.05) is 32.4 Å². The summed E-state index contributed by atoms with van der Waals surface area (Å²) in [5, 5.41) is 13.8. The first-order chi connectivity index (χ1) is 9.84. The number of aromatic nitrogens is 3. The summed E-state index contributed by atoms with van der Waals surface area (Å²) in [6, 6.07) is -0.0155. The second kappa shape index (κ2) is 5.91. The Morgan fingerprint density at radius 3 is 2.81 bits per heavy atom. The van der Waals surface area contributed by atoms with Gasteiger partial charge in [0.15, 0.2) is 0 Å². The Morgan fingerprint density at radius 1 is 1.52 bits per heavy atom. The number of hydrogen-bond acceptors (Lipinski definition) is 4. The largest absolute Gasteiger partial charge is 0.465 e. The third-order valence-electron chi connectivity index (χ3n) is 3.87. The maximum Gasteiger partial charge on any atom is 0.408 e. The number of hydrogen-bond donors (Lipinski definition) is 1. The minimum atomic E-state index is -0.855. The molecule has 0 spiro atoms. The Morgan fingerprint density at radius 2 is 2.24 bits per heavy atom. The molecular formula is C14H25N5O2. The summed E-state index contributed by atoms with van der Waals surface area (Å²) in [5.41, 5.74) is -0.405. The maximum absolute atomic E-state index is 11.6. The highest BCUT2D eigenvalue weighted by molar-refractivity contribution is 5.66. The predicted octanol–water partition coefficient (Wildman–Crippen LogP) is 2.05. The van der Waals surface area contributed by atoms with E-state index >= 15 is 0 Å². The van der Waals surface area contributed by atoms with Crippen LogP contribution >= 0.6 is 0 Å². The van der Waals surface area contributed by atoms with Crippen molar-refractivity contribution < 1.29 is 9.90 Å². The molecule has 2 heterocycles. The molecular weight excluding hydrogens is 270 g/mol. The second-order valence-corrected chi connectivity index (χ2v) is 6.44. The molecule has 0 aromatic carbocycles. The van der Waals surface area contributed by atoms with Crippen molar-refractivity contribution >= 4 is 12.0 Å². The zero-order valence-electron chi connectivity index (χ0n) is 13.3. The van der Waals surface area contributed by atoms with Crippen molar-refractivity contribution in [2.75, 3.05) is 18.0 Å². The predicted molar refractivity (Wildman–Crippen MR) is 80.5 cm³/mol. The molecule has 0 bridgehead atoms. The van der Waals surface area contributed by atoms with Gasteiger partial charge in [-0.25, -0.2) is 9.48 Å². The molecule has 1 atom stereocenters. The normalized spacial score (nSPS) is 19.6. The van der Waals surface area contributed by atoms with Crippen LogP contribution < -0.4 is 4.90 Å². The molecule has 1 aliphatic heterocycles. The van der Waals surface area contributed by atoms with E-state index in [-0.39, 0.29) is 6.04 Å². The number of amides is 1. The number of carbonyl (C=O) groups is 1. The van der Waals surface area contributed by atoms with Crippen LogP contribution in [0.1, 0.15) is 40.5 Å². The lowest BCUT2D eigenvalue weighted by Gasteiger charge is -2.44. The van der Waals surface area contributed by atoms with Crippen molar-refractivity contribution in [3.8, 4) is 0 Å². The van der Waals surface area contributed by atoms with Crippen molar-refractivity contribution in [1.82, 2.24) is 19.7 Å². The third kappa shape index (κ3) is 3.28. The lowest BCUT2D eigenvalue weighted by atomic mass is 9.98. The van der Waals surface area contributed by atoms with Crippen LogP contribution in [0.25, 0.3) is 0 Å². The van der Waals surface area contributed by atoms with Crippen LogP contribution in [0.3, 0.4) is 0 Å². The fourth-order valence-corrected chi connectivity index (χ4v) is 3.06. The number of piperidine rings is 1. The summed E-state index contributed by atoms with van der Waals surface area (Å²) in [5.74, 6) is 0.835. The van der Waals surface area contributed by atoms with E-state index in [0.29, 0.717) is 6.54 Å². The molecule has 1 aromatic heterocycles. The van der Waals surface area contributed by atoms with Crippen molar-refractivity contribution in [2.45, 2.75) is 58.7 Å². The van der Waals surface area contributed by atoms with Crippen molar-refractivity contribution in [2.24, 2.45) is 0 Å². The van der Waals surface area contributed by atoms with E-state index in [0.717, 1.165) is 31.9 Å². The number of aryl methyl sites for hydroxylation is 1. The van der Waals surface area contributed by atoms with Crippen LogP contribution in [0.4, 0.5) is 10.7 Å². The van der Waals surface area contributed by atoms with E-state index in [1.165, 1.54) is 0 Å². The van der Waals surface area contributed by atoms with Crippen LogP contribution in [-0.2, 0) is 6.54 Å². The molecule has 1 amide bonds. The second-order valence-electron chi connectivity index (χ2n) is 6.44. The molecule has 0 saturated carbocycles. The summed E-state index contributed by atoms with van der Waals surface area (Å²) in [4.78, 5) is 19.7. The summed E-state index contributed by atoms with van der Waals surface area (Å²) < 4.78 is 1.85. The Balaban J connectivity index is 2.19. The van der Waals surface area contributed by atoms with Gasteiger partial charge in [-0.2, -0.15) is 10.1 Å². The number of carboxylic acid groups (broad SMARTS) is 1. The van der Waals surface area contributed by atoms with E-state index in [2.05, 4.69) is 15.0 Å². The molecule has 7 nitrogen and oxygen atoms in total. The molecule has 2 rings (SSSR count). The van der Waals surface area contributed by atoms with Gasteiger partial charge in [-0.1, -0.05) is 0 Å². The number of nitrogens with zero attached hydrogens (tertiary/aromatic N) is 5. The lowest BCUT2D eigenvalue weighted by Crippen LogP contribution is -2.57. The van der Waals surface area contributed by atoms with Gasteiger partial charge in [0.05, 0.1) is 6.04 Å². The standard InChI is InChI=1S/C14H25N5O2/c1-5-18-12(15-10-16-18)17-8-6-7-11(9-17)19(13(20)21)14(2,3)4/h10-11H,5-9H2,1-4H3,(H,20,21). The van der Waals surface area contributed by atoms with E-state index in [9.17, 15) is 9.90 Å². The van der Waals surface area contributed by atoms with Crippen molar-refractivity contribution in [1.29, 1.82) is 0 Å². The Kier molecular flexibility index (Phi) is 4.39. The third-order valence-corrected chi connectivity index (χ3v) is 3.87. The van der Waals surface area contributed by atoms with Crippen LogP contribution in [-0.4, -0.2) is 55.5 Å². The topological polar surface area (TPSA) is 74.5 Å². The van der Waals surface area contributed by atoms with Gasteiger partial charge in [0, 0.05) is 25.2 Å². The molecule has 0 aliphatic carbocycles. The minimum Gasteiger partial charge on any atom is -0.465 e. The average molecular weight is 295 g/mol. The van der Waals surface area contributed by atoms with Crippen LogP contribution in [0, 0.1) is 0 Å². The first kappa shape index (κ1) is 15.6. The first-order valence-corrected chi connectivity index (χ1v) is 7.49. The van der Waals surface area contributed by atoms with E-state index in [4.69, 9.17) is 0 Å². The molecule has 7 heteroatoms. The minimum absolute atomic E-state index is 0.0155. The molecule has 1 saturated heterocycles. The number of anilines is 1. The van der Waals surface area contributed by atoms with E-state index in [1.54, 1.807) is 11.2 Å². The van der Waals surface area contributed by atoms with Crippen molar-refractivity contribution in [3.05, 3.63) is 6.33 Å². The Labute approximate surface area is 125 Å². The summed E-state index contributed by atoms with van der Waals surface area (Å²) in [7, 11) is 0. The van der Waals surface area contributed by atoms with Crippen molar-refractivity contribution in [3.63, 3.8) is 0 Å². The first-order valence-electron chi connectivity index (χ1n) is 7.49.